The van der Waals surface area contributed by atoms with Gasteiger partial charge in [0.05, 0.1) is 6.04 Å². The number of hydrogen-bond acceptors (Lipinski definition) is 4. The van der Waals surface area contributed by atoms with Crippen LogP contribution in [0.5, 0.6) is 0 Å². The summed E-state index contributed by atoms with van der Waals surface area (Å²) in [6.07, 6.45) is 1.73. The number of alkyl carbamates (subject to hydrolysis) is 1. The lowest BCUT2D eigenvalue weighted by molar-refractivity contribution is 0.0490. The molecule has 0 saturated heterocycles. The highest BCUT2D eigenvalue weighted by atomic mass is 16.6. The number of allylic oxidation sites excluding steroid dienone is 1. The number of benzene rings is 1. The van der Waals surface area contributed by atoms with Crippen LogP contribution in [0.1, 0.15) is 45.7 Å². The Kier molecular flexibility index (Phi) is 7.01. The highest BCUT2D eigenvalue weighted by Crippen LogP contribution is 2.27. The van der Waals surface area contributed by atoms with Gasteiger partial charge < -0.3 is 10.1 Å². The van der Waals surface area contributed by atoms with Crippen molar-refractivity contribution in [3.8, 4) is 12.1 Å². The molecule has 0 fully saturated rings. The minimum Gasteiger partial charge on any atom is -0.444 e. The van der Waals surface area contributed by atoms with Crippen LogP contribution in [0.25, 0.3) is 0 Å². The quantitative estimate of drug-likeness (QED) is 0.820. The maximum absolute atomic E-state index is 12.2. The Morgan fingerprint density at radius 1 is 1.25 bits per heavy atom. The molecule has 126 valence electrons. The number of hydrogen-bond donors (Lipinski definition) is 1. The van der Waals surface area contributed by atoms with Crippen LogP contribution in [0.4, 0.5) is 4.79 Å². The number of rotatable bonds is 5. The maximum atomic E-state index is 12.2. The highest BCUT2D eigenvalue weighted by Gasteiger charge is 2.25. The third-order valence-corrected chi connectivity index (χ3v) is 3.35. The molecule has 0 aliphatic rings. The first-order valence-corrected chi connectivity index (χ1v) is 7.87. The molecule has 2 atom stereocenters. The van der Waals surface area contributed by atoms with Gasteiger partial charge in [-0.25, -0.2) is 4.79 Å². The first-order chi connectivity index (χ1) is 11.3. The summed E-state index contributed by atoms with van der Waals surface area (Å²) in [6.45, 7) is 7.33. The van der Waals surface area contributed by atoms with Crippen molar-refractivity contribution in [3.63, 3.8) is 0 Å². The van der Waals surface area contributed by atoms with Crippen molar-refractivity contribution >= 4 is 6.09 Å². The summed E-state index contributed by atoms with van der Waals surface area (Å²) < 4.78 is 5.34. The van der Waals surface area contributed by atoms with Crippen molar-refractivity contribution in [2.24, 2.45) is 5.92 Å². The predicted molar refractivity (Wildman–Crippen MR) is 91.6 cm³/mol. The average Bonchev–Trinajstić information content (AvgIpc) is 2.53. The van der Waals surface area contributed by atoms with Gasteiger partial charge in [-0.1, -0.05) is 43.3 Å². The van der Waals surface area contributed by atoms with Crippen LogP contribution in [0.2, 0.25) is 0 Å². The first-order valence-electron chi connectivity index (χ1n) is 7.87. The molecule has 24 heavy (non-hydrogen) atoms. The van der Waals surface area contributed by atoms with E-state index in [-0.39, 0.29) is 17.5 Å². The van der Waals surface area contributed by atoms with E-state index in [0.717, 1.165) is 5.56 Å². The smallest absolute Gasteiger partial charge is 0.408 e. The Morgan fingerprint density at radius 3 is 2.29 bits per heavy atom. The summed E-state index contributed by atoms with van der Waals surface area (Å²) in [5.41, 5.74) is 0.323. The molecule has 5 nitrogen and oxygen atoms in total. The van der Waals surface area contributed by atoms with Crippen molar-refractivity contribution < 1.29 is 9.53 Å². The maximum Gasteiger partial charge on any atom is 0.408 e. The molecule has 1 rings (SSSR count). The van der Waals surface area contributed by atoms with Crippen LogP contribution in [0.3, 0.4) is 0 Å². The van der Waals surface area contributed by atoms with Gasteiger partial charge in [-0.05, 0) is 32.8 Å². The summed E-state index contributed by atoms with van der Waals surface area (Å²) in [6, 6.07) is 12.8. The number of carbonyl (C=O) groups excluding carboxylic acids is 1. The predicted octanol–water partition coefficient (Wildman–Crippen LogP) is 4.25. The molecule has 0 aliphatic heterocycles. The van der Waals surface area contributed by atoms with Gasteiger partial charge in [-0.2, -0.15) is 10.5 Å². The summed E-state index contributed by atoms with van der Waals surface area (Å²) in [7, 11) is 0. The van der Waals surface area contributed by atoms with Crippen molar-refractivity contribution in [2.75, 3.05) is 0 Å². The summed E-state index contributed by atoms with van der Waals surface area (Å²) in [5.74, 6) is -0.200. The first kappa shape index (κ1) is 19.3. The van der Waals surface area contributed by atoms with E-state index in [2.05, 4.69) is 5.32 Å². The van der Waals surface area contributed by atoms with Crippen LogP contribution in [-0.4, -0.2) is 11.7 Å². The van der Waals surface area contributed by atoms with Gasteiger partial charge in [0, 0.05) is 5.92 Å². The summed E-state index contributed by atoms with van der Waals surface area (Å²) >= 11 is 0. The molecule has 0 aromatic heterocycles. The van der Waals surface area contributed by atoms with E-state index in [1.165, 1.54) is 0 Å². The molecule has 0 bridgehead atoms. The second-order valence-electron chi connectivity index (χ2n) is 6.41. The molecule has 0 radical (unpaired) electrons. The zero-order chi connectivity index (χ0) is 18.2. The van der Waals surface area contributed by atoms with E-state index in [1.807, 2.05) is 49.4 Å². The van der Waals surface area contributed by atoms with Crippen LogP contribution in [0.15, 0.2) is 42.0 Å². The lowest BCUT2D eigenvalue weighted by Gasteiger charge is -2.27. The third kappa shape index (κ3) is 6.14. The fourth-order valence-corrected chi connectivity index (χ4v) is 2.30. The Bertz CT molecular complexity index is 645. The fourth-order valence-electron chi connectivity index (χ4n) is 2.30. The lowest BCUT2D eigenvalue weighted by Crippen LogP contribution is -2.37. The van der Waals surface area contributed by atoms with Crippen LogP contribution in [-0.2, 0) is 4.74 Å². The molecule has 1 aromatic carbocycles. The molecule has 5 heteroatoms. The van der Waals surface area contributed by atoms with E-state index < -0.39 is 11.7 Å². The van der Waals surface area contributed by atoms with Gasteiger partial charge in [0.15, 0.2) is 0 Å². The van der Waals surface area contributed by atoms with E-state index in [1.54, 1.807) is 26.8 Å². The number of amides is 1. The van der Waals surface area contributed by atoms with Gasteiger partial charge in [-0.15, -0.1) is 0 Å². The Hall–Kier alpha value is -2.79. The molecule has 0 heterocycles. The van der Waals surface area contributed by atoms with Crippen LogP contribution >= 0.6 is 0 Å². The van der Waals surface area contributed by atoms with E-state index in [9.17, 15) is 4.79 Å². The standard InChI is InChI=1S/C19H23N3O2/c1-5-15(11-14(12-20)13-21)17(16-9-7-6-8-10-16)22-18(23)24-19(2,3)4/h6-11,15,17H,5H2,1-4H3,(H,22,23). The lowest BCUT2D eigenvalue weighted by atomic mass is 9.89. The topological polar surface area (TPSA) is 85.9 Å². The van der Waals surface area contributed by atoms with Crippen molar-refractivity contribution in [1.82, 2.24) is 5.32 Å². The monoisotopic (exact) mass is 325 g/mol. The minimum atomic E-state index is -0.604. The minimum absolute atomic E-state index is 0.0359. The summed E-state index contributed by atoms with van der Waals surface area (Å²) in [5, 5.41) is 20.9. The zero-order valence-electron chi connectivity index (χ0n) is 14.5. The Balaban J connectivity index is 3.15. The van der Waals surface area contributed by atoms with E-state index in [0.29, 0.717) is 6.42 Å². The van der Waals surface area contributed by atoms with Gasteiger partial charge >= 0.3 is 6.09 Å². The van der Waals surface area contributed by atoms with E-state index >= 15 is 0 Å². The number of nitriles is 2. The molecular weight excluding hydrogens is 302 g/mol. The second-order valence-corrected chi connectivity index (χ2v) is 6.41. The molecule has 0 aliphatic carbocycles. The van der Waals surface area contributed by atoms with Crippen molar-refractivity contribution in [2.45, 2.75) is 45.8 Å². The van der Waals surface area contributed by atoms with Crippen LogP contribution in [0, 0.1) is 28.6 Å². The molecular formula is C19H23N3O2. The average molecular weight is 325 g/mol. The van der Waals surface area contributed by atoms with Gasteiger partial charge in [-0.3, -0.25) is 0 Å². The molecule has 1 N–H and O–H groups in total. The van der Waals surface area contributed by atoms with Crippen LogP contribution < -0.4 is 5.32 Å². The Morgan fingerprint density at radius 2 is 1.83 bits per heavy atom. The number of carbonyl (C=O) groups is 1. The van der Waals surface area contributed by atoms with Crippen molar-refractivity contribution in [1.29, 1.82) is 10.5 Å². The zero-order valence-corrected chi connectivity index (χ0v) is 14.5. The van der Waals surface area contributed by atoms with Gasteiger partial charge in [0.2, 0.25) is 0 Å². The number of nitrogens with zero attached hydrogens (tertiary/aromatic N) is 2. The number of nitrogens with one attached hydrogen (secondary N) is 1. The summed E-state index contributed by atoms with van der Waals surface area (Å²) in [4.78, 5) is 12.2. The molecule has 0 saturated carbocycles. The highest BCUT2D eigenvalue weighted by molar-refractivity contribution is 5.68. The number of ether oxygens (including phenoxy) is 1. The third-order valence-electron chi connectivity index (χ3n) is 3.35. The van der Waals surface area contributed by atoms with E-state index in [4.69, 9.17) is 15.3 Å². The van der Waals surface area contributed by atoms with Gasteiger partial charge in [0.25, 0.3) is 0 Å². The SMILES string of the molecule is CCC(C=C(C#N)C#N)C(NC(=O)OC(C)(C)C)c1ccccc1. The molecule has 1 aromatic rings. The fraction of sp³-hybridized carbons (Fsp3) is 0.421. The van der Waals surface area contributed by atoms with Gasteiger partial charge in [0.1, 0.15) is 23.3 Å². The Labute approximate surface area is 143 Å². The van der Waals surface area contributed by atoms with Crippen molar-refractivity contribution in [3.05, 3.63) is 47.5 Å². The normalized spacial score (nSPS) is 12.9. The molecule has 2 unspecified atom stereocenters. The largest absolute Gasteiger partial charge is 0.444 e. The molecule has 1 amide bonds. The second kappa shape index (κ2) is 8.74. The molecule has 0 spiro atoms.